The highest BCUT2D eigenvalue weighted by Crippen LogP contribution is 2.35. The third kappa shape index (κ3) is 8.39. The Morgan fingerprint density at radius 2 is 1.73 bits per heavy atom. The molecule has 4 aromatic rings. The van der Waals surface area contributed by atoms with Crippen molar-refractivity contribution in [3.63, 3.8) is 0 Å². The molecule has 1 atom stereocenters. The number of anilines is 2. The average molecular weight is 668 g/mol. The fraction of sp³-hybridized carbons (Fsp3) is 0.528. The molecule has 3 aromatic heterocycles. The van der Waals surface area contributed by atoms with Gasteiger partial charge < -0.3 is 24.3 Å². The van der Waals surface area contributed by atoms with E-state index < -0.39 is 0 Å². The highest BCUT2D eigenvalue weighted by molar-refractivity contribution is 5.67. The van der Waals surface area contributed by atoms with Crippen LogP contribution < -0.4 is 14.8 Å². The number of aromatic nitrogens is 7. The molecule has 0 spiro atoms. The molecule has 0 radical (unpaired) electrons. The molecule has 1 saturated carbocycles. The monoisotopic (exact) mass is 667 g/mol. The quantitative estimate of drug-likeness (QED) is 0.211. The fourth-order valence-electron chi connectivity index (χ4n) is 6.92. The molecule has 2 saturated heterocycles. The number of hydrogen-bond acceptors (Lipinski definition) is 11. The van der Waals surface area contributed by atoms with E-state index in [9.17, 15) is 0 Å². The number of hydrogen-bond donors (Lipinski definition) is 1. The highest BCUT2D eigenvalue weighted by Gasteiger charge is 2.29. The zero-order valence-corrected chi connectivity index (χ0v) is 28.1. The maximum atomic E-state index is 6.36. The molecule has 0 amide bonds. The van der Waals surface area contributed by atoms with Crippen LogP contribution in [0.25, 0.3) is 11.1 Å². The minimum atomic E-state index is -0.171. The van der Waals surface area contributed by atoms with Gasteiger partial charge in [0.15, 0.2) is 0 Å². The van der Waals surface area contributed by atoms with Gasteiger partial charge in [0.25, 0.3) is 5.88 Å². The van der Waals surface area contributed by atoms with Crippen molar-refractivity contribution in [3.8, 4) is 35.1 Å². The minimum Gasteiger partial charge on any atom is -0.487 e. The van der Waals surface area contributed by atoms with E-state index in [1.54, 1.807) is 23.4 Å². The first-order valence-corrected chi connectivity index (χ1v) is 17.4. The van der Waals surface area contributed by atoms with Crippen LogP contribution in [-0.4, -0.2) is 97.7 Å². The van der Waals surface area contributed by atoms with Gasteiger partial charge in [-0.3, -0.25) is 9.58 Å². The van der Waals surface area contributed by atoms with Gasteiger partial charge in [0.2, 0.25) is 5.95 Å². The molecule has 7 rings (SSSR count). The predicted octanol–water partition coefficient (Wildman–Crippen LogP) is 4.75. The lowest BCUT2D eigenvalue weighted by atomic mass is 9.90. The second-order valence-corrected chi connectivity index (χ2v) is 13.1. The van der Waals surface area contributed by atoms with Crippen molar-refractivity contribution < 1.29 is 18.9 Å². The molecule has 0 unspecified atom stereocenters. The third-order valence-electron chi connectivity index (χ3n) is 9.70. The van der Waals surface area contributed by atoms with Crippen molar-refractivity contribution >= 4 is 11.6 Å². The molecule has 3 aliphatic rings. The zero-order valence-electron chi connectivity index (χ0n) is 28.1. The SMILES string of the molecule is C#Cc1ccc(-c2cnc(Nc3cn(C4CCC(N5CCOCC5)CC4)nc3OCC3CCOCC3)nc2)cc1O[C@@H](C)Cn1cncn1. The first kappa shape index (κ1) is 33.0. The van der Waals surface area contributed by atoms with Gasteiger partial charge in [-0.2, -0.15) is 5.10 Å². The zero-order chi connectivity index (χ0) is 33.4. The third-order valence-corrected chi connectivity index (χ3v) is 9.70. The first-order chi connectivity index (χ1) is 24.1. The van der Waals surface area contributed by atoms with Crippen molar-refractivity contribution in [1.29, 1.82) is 0 Å². The van der Waals surface area contributed by atoms with Crippen LogP contribution in [0.4, 0.5) is 11.6 Å². The molecule has 0 bridgehead atoms. The molecule has 258 valence electrons. The van der Waals surface area contributed by atoms with E-state index in [4.69, 9.17) is 30.5 Å². The molecule has 3 fully saturated rings. The Labute approximate surface area is 287 Å². The van der Waals surface area contributed by atoms with Crippen LogP contribution in [0, 0.1) is 18.3 Å². The van der Waals surface area contributed by atoms with Gasteiger partial charge in [-0.15, -0.1) is 11.5 Å². The van der Waals surface area contributed by atoms with Gasteiger partial charge in [-0.05, 0) is 69.1 Å². The van der Waals surface area contributed by atoms with Crippen LogP contribution >= 0.6 is 0 Å². The number of nitrogens with zero attached hydrogens (tertiary/aromatic N) is 8. The Bertz CT molecular complexity index is 1670. The summed E-state index contributed by atoms with van der Waals surface area (Å²) in [5, 5.41) is 12.5. The van der Waals surface area contributed by atoms with E-state index >= 15 is 0 Å². The lowest BCUT2D eigenvalue weighted by molar-refractivity contribution is 0.00501. The molecule has 13 heteroatoms. The van der Waals surface area contributed by atoms with E-state index in [0.29, 0.717) is 54.3 Å². The minimum absolute atomic E-state index is 0.171. The second-order valence-electron chi connectivity index (χ2n) is 13.1. The number of nitrogens with one attached hydrogen (secondary N) is 1. The van der Waals surface area contributed by atoms with Crippen molar-refractivity contribution in [1.82, 2.24) is 39.4 Å². The molecule has 49 heavy (non-hydrogen) atoms. The normalized spacial score (nSPS) is 21.1. The van der Waals surface area contributed by atoms with E-state index in [2.05, 4.69) is 47.1 Å². The first-order valence-electron chi connectivity index (χ1n) is 17.4. The van der Waals surface area contributed by atoms with E-state index in [-0.39, 0.29) is 6.10 Å². The smallest absolute Gasteiger partial charge is 0.256 e. The fourth-order valence-corrected chi connectivity index (χ4v) is 6.92. The summed E-state index contributed by atoms with van der Waals surface area (Å²) in [4.78, 5) is 15.9. The van der Waals surface area contributed by atoms with Crippen LogP contribution in [0.5, 0.6) is 11.6 Å². The van der Waals surface area contributed by atoms with Gasteiger partial charge in [-0.25, -0.2) is 19.6 Å². The largest absolute Gasteiger partial charge is 0.487 e. The molecule has 13 nitrogen and oxygen atoms in total. The van der Waals surface area contributed by atoms with Crippen molar-refractivity contribution in [3.05, 3.63) is 55.0 Å². The lowest BCUT2D eigenvalue weighted by Gasteiger charge is -2.38. The molecule has 1 aromatic carbocycles. The van der Waals surface area contributed by atoms with E-state index in [1.165, 1.54) is 6.33 Å². The van der Waals surface area contributed by atoms with Gasteiger partial charge in [0.05, 0.1) is 44.2 Å². The van der Waals surface area contributed by atoms with Gasteiger partial charge in [0, 0.05) is 50.3 Å². The molecular formula is C36H45N9O4. The number of terminal acetylenes is 1. The van der Waals surface area contributed by atoms with E-state index in [1.807, 2.05) is 25.1 Å². The molecular weight excluding hydrogens is 622 g/mol. The highest BCUT2D eigenvalue weighted by atomic mass is 16.5. The summed E-state index contributed by atoms with van der Waals surface area (Å²) in [6.45, 7) is 8.42. The number of benzene rings is 1. The summed E-state index contributed by atoms with van der Waals surface area (Å²) >= 11 is 0. The summed E-state index contributed by atoms with van der Waals surface area (Å²) in [6.07, 6.45) is 20.9. The summed E-state index contributed by atoms with van der Waals surface area (Å²) in [5.41, 5.74) is 3.18. The van der Waals surface area contributed by atoms with Crippen LogP contribution in [0.2, 0.25) is 0 Å². The molecule has 2 aliphatic heterocycles. The summed E-state index contributed by atoms with van der Waals surface area (Å²) in [6, 6.07) is 6.71. The lowest BCUT2D eigenvalue weighted by Crippen LogP contribution is -2.45. The van der Waals surface area contributed by atoms with Crippen LogP contribution in [0.1, 0.15) is 57.1 Å². The van der Waals surface area contributed by atoms with Crippen molar-refractivity contribution in [2.75, 3.05) is 51.4 Å². The maximum absolute atomic E-state index is 6.36. The topological polar surface area (TPSA) is 127 Å². The number of ether oxygens (including phenoxy) is 4. The standard InChI is InChI=1S/C36H45N9O4/c1-3-28-4-5-29(18-34(28)49-26(2)21-44-25-37-24-40-44)30-19-38-36(39-20-30)41-33-22-45(42-35(33)48-23-27-10-14-46-15-11-27)32-8-6-31(7-9-32)43-12-16-47-17-13-43/h1,4-5,18-20,22,24-27,31-32H,6-17,21,23H2,2H3,(H,38,39,41)/t26-,31?,32?/m0/s1. The molecule has 5 heterocycles. The summed E-state index contributed by atoms with van der Waals surface area (Å²) < 4.78 is 27.5. The van der Waals surface area contributed by atoms with Gasteiger partial charge >= 0.3 is 0 Å². The van der Waals surface area contributed by atoms with Crippen LogP contribution in [-0.2, 0) is 16.0 Å². The Balaban J connectivity index is 1.04. The van der Waals surface area contributed by atoms with Crippen molar-refractivity contribution in [2.45, 2.75) is 70.2 Å². The Morgan fingerprint density at radius 1 is 0.980 bits per heavy atom. The molecule has 1 aliphatic carbocycles. The average Bonchev–Trinajstić information content (AvgIpc) is 3.82. The second kappa shape index (κ2) is 15.8. The Kier molecular flexibility index (Phi) is 10.6. The van der Waals surface area contributed by atoms with Gasteiger partial charge in [0.1, 0.15) is 30.2 Å². The Morgan fingerprint density at radius 3 is 2.47 bits per heavy atom. The predicted molar refractivity (Wildman–Crippen MR) is 184 cm³/mol. The molecule has 1 N–H and O–H groups in total. The van der Waals surface area contributed by atoms with E-state index in [0.717, 1.165) is 94.9 Å². The number of rotatable bonds is 12. The number of morpholine rings is 1. The van der Waals surface area contributed by atoms with Crippen molar-refractivity contribution in [2.24, 2.45) is 5.92 Å². The summed E-state index contributed by atoms with van der Waals surface area (Å²) in [5.74, 6) is 4.84. The maximum Gasteiger partial charge on any atom is 0.256 e. The van der Waals surface area contributed by atoms with Crippen LogP contribution in [0.15, 0.2) is 49.4 Å². The van der Waals surface area contributed by atoms with Gasteiger partial charge in [-0.1, -0.05) is 12.0 Å². The van der Waals surface area contributed by atoms with Crippen LogP contribution in [0.3, 0.4) is 0 Å². The summed E-state index contributed by atoms with van der Waals surface area (Å²) in [7, 11) is 0. The Hall–Kier alpha value is -4.51.